The van der Waals surface area contributed by atoms with Gasteiger partial charge in [0.05, 0.1) is 24.6 Å². The van der Waals surface area contributed by atoms with E-state index in [0.29, 0.717) is 18.9 Å². The van der Waals surface area contributed by atoms with Gasteiger partial charge in [-0.1, -0.05) is 0 Å². The van der Waals surface area contributed by atoms with E-state index in [0.717, 1.165) is 31.8 Å². The summed E-state index contributed by atoms with van der Waals surface area (Å²) in [4.78, 5) is 2.12. The van der Waals surface area contributed by atoms with Crippen molar-refractivity contribution in [3.63, 3.8) is 0 Å². The molecule has 0 spiro atoms. The molecule has 18 heavy (non-hydrogen) atoms. The van der Waals surface area contributed by atoms with Crippen LogP contribution in [-0.4, -0.2) is 32.9 Å². The quantitative estimate of drug-likeness (QED) is 0.838. The average Bonchev–Trinajstić information content (AvgIpc) is 2.61. The van der Waals surface area contributed by atoms with Crippen molar-refractivity contribution >= 4 is 11.4 Å². The van der Waals surface area contributed by atoms with E-state index in [1.165, 1.54) is 6.07 Å². The van der Waals surface area contributed by atoms with E-state index < -0.39 is 5.82 Å². The Kier molecular flexibility index (Phi) is 4.25. The average molecular weight is 254 g/mol. The number of nitrogen functional groups attached to an aromatic ring is 1. The second-order valence-corrected chi connectivity index (χ2v) is 4.23. The first-order chi connectivity index (χ1) is 8.72. The Morgan fingerprint density at radius 1 is 1.39 bits per heavy atom. The molecule has 0 aliphatic carbocycles. The molecule has 1 saturated heterocycles. The number of anilines is 2. The Bertz CT molecular complexity index is 404. The van der Waals surface area contributed by atoms with Crippen molar-refractivity contribution in [2.24, 2.45) is 0 Å². The molecular weight excluding hydrogens is 235 g/mol. The predicted octanol–water partition coefficient (Wildman–Crippen LogP) is 2.03. The topological polar surface area (TPSA) is 47.7 Å². The van der Waals surface area contributed by atoms with Gasteiger partial charge in [0.15, 0.2) is 11.6 Å². The number of nitrogens with zero attached hydrogens (tertiary/aromatic N) is 1. The number of benzene rings is 1. The van der Waals surface area contributed by atoms with Gasteiger partial charge >= 0.3 is 0 Å². The Hall–Kier alpha value is -1.49. The van der Waals surface area contributed by atoms with Crippen molar-refractivity contribution in [1.82, 2.24) is 0 Å². The number of nitrogens with two attached hydrogens (primary N) is 1. The smallest absolute Gasteiger partial charge is 0.167 e. The minimum atomic E-state index is -0.413. The summed E-state index contributed by atoms with van der Waals surface area (Å²) in [6, 6.07) is 3.01. The molecule has 1 aromatic carbocycles. The van der Waals surface area contributed by atoms with Crippen molar-refractivity contribution in [2.45, 2.75) is 13.3 Å². The summed E-state index contributed by atoms with van der Waals surface area (Å²) in [6.45, 7) is 5.32. The number of halogens is 1. The minimum absolute atomic E-state index is 0.256. The largest absolute Gasteiger partial charge is 0.491 e. The molecule has 1 aromatic rings. The molecule has 1 aliphatic rings. The SMILES string of the molecule is CCOc1cc(N2CCCOCC2)c(N)cc1F. The maximum absolute atomic E-state index is 13.6. The Labute approximate surface area is 106 Å². The van der Waals surface area contributed by atoms with Crippen LogP contribution in [0.2, 0.25) is 0 Å². The van der Waals surface area contributed by atoms with Crippen LogP contribution in [0, 0.1) is 5.82 Å². The molecule has 100 valence electrons. The van der Waals surface area contributed by atoms with Gasteiger partial charge < -0.3 is 20.1 Å². The van der Waals surface area contributed by atoms with E-state index in [9.17, 15) is 4.39 Å². The van der Waals surface area contributed by atoms with Crippen LogP contribution in [0.1, 0.15) is 13.3 Å². The van der Waals surface area contributed by atoms with Crippen molar-refractivity contribution in [1.29, 1.82) is 0 Å². The van der Waals surface area contributed by atoms with Gasteiger partial charge in [0.1, 0.15) is 0 Å². The number of hydrogen-bond donors (Lipinski definition) is 1. The van der Waals surface area contributed by atoms with Crippen molar-refractivity contribution < 1.29 is 13.9 Å². The van der Waals surface area contributed by atoms with Crippen LogP contribution in [-0.2, 0) is 4.74 Å². The lowest BCUT2D eigenvalue weighted by atomic mass is 10.2. The van der Waals surface area contributed by atoms with Gasteiger partial charge in [-0.05, 0) is 13.3 Å². The van der Waals surface area contributed by atoms with Crippen molar-refractivity contribution in [3.8, 4) is 5.75 Å². The molecule has 1 aliphatic heterocycles. The lowest BCUT2D eigenvalue weighted by Gasteiger charge is -2.24. The van der Waals surface area contributed by atoms with E-state index in [4.69, 9.17) is 15.2 Å². The van der Waals surface area contributed by atoms with Gasteiger partial charge in [0.2, 0.25) is 0 Å². The highest BCUT2D eigenvalue weighted by molar-refractivity contribution is 5.70. The summed E-state index contributed by atoms with van der Waals surface area (Å²) in [5.74, 6) is -0.156. The number of hydrogen-bond acceptors (Lipinski definition) is 4. The fourth-order valence-corrected chi connectivity index (χ4v) is 2.09. The Morgan fingerprint density at radius 2 is 2.22 bits per heavy atom. The van der Waals surface area contributed by atoms with Crippen LogP contribution in [0.25, 0.3) is 0 Å². The molecule has 0 atom stereocenters. The zero-order valence-electron chi connectivity index (χ0n) is 10.6. The molecule has 0 amide bonds. The molecule has 1 fully saturated rings. The van der Waals surface area contributed by atoms with E-state index in [1.807, 2.05) is 6.92 Å². The van der Waals surface area contributed by atoms with Crippen LogP contribution >= 0.6 is 0 Å². The van der Waals surface area contributed by atoms with Crippen molar-refractivity contribution in [3.05, 3.63) is 17.9 Å². The molecule has 0 aromatic heterocycles. The summed E-state index contributed by atoms with van der Waals surface area (Å²) < 4.78 is 24.3. The van der Waals surface area contributed by atoms with Crippen LogP contribution in [0.4, 0.5) is 15.8 Å². The van der Waals surface area contributed by atoms with Gasteiger partial charge in [-0.25, -0.2) is 4.39 Å². The first-order valence-electron chi connectivity index (χ1n) is 6.27. The third-order valence-electron chi connectivity index (χ3n) is 2.94. The van der Waals surface area contributed by atoms with Gasteiger partial charge in [-0.2, -0.15) is 0 Å². The third kappa shape index (κ3) is 2.85. The maximum atomic E-state index is 13.6. The molecule has 0 unspecified atom stereocenters. The van der Waals surface area contributed by atoms with Crippen LogP contribution in [0.5, 0.6) is 5.75 Å². The molecule has 5 heteroatoms. The number of ether oxygens (including phenoxy) is 2. The van der Waals surface area contributed by atoms with Crippen LogP contribution in [0.3, 0.4) is 0 Å². The zero-order valence-corrected chi connectivity index (χ0v) is 10.6. The summed E-state index contributed by atoms with van der Waals surface area (Å²) in [7, 11) is 0. The van der Waals surface area contributed by atoms with Crippen molar-refractivity contribution in [2.75, 3.05) is 43.5 Å². The van der Waals surface area contributed by atoms with Crippen LogP contribution in [0.15, 0.2) is 12.1 Å². The molecule has 0 radical (unpaired) electrons. The highest BCUT2D eigenvalue weighted by Crippen LogP contribution is 2.31. The lowest BCUT2D eigenvalue weighted by molar-refractivity contribution is 0.152. The fraction of sp³-hybridized carbons (Fsp3) is 0.538. The Balaban J connectivity index is 2.27. The molecule has 0 bridgehead atoms. The van der Waals surface area contributed by atoms with E-state index in [-0.39, 0.29) is 5.75 Å². The number of rotatable bonds is 3. The summed E-state index contributed by atoms with van der Waals surface area (Å²) >= 11 is 0. The normalized spacial score (nSPS) is 16.4. The highest BCUT2D eigenvalue weighted by atomic mass is 19.1. The summed E-state index contributed by atoms with van der Waals surface area (Å²) in [5.41, 5.74) is 7.16. The first kappa shape index (κ1) is 13.0. The molecule has 1 heterocycles. The molecule has 2 N–H and O–H groups in total. The molecule has 0 saturated carbocycles. The van der Waals surface area contributed by atoms with Gasteiger partial charge in [-0.15, -0.1) is 0 Å². The fourth-order valence-electron chi connectivity index (χ4n) is 2.09. The monoisotopic (exact) mass is 254 g/mol. The molecular formula is C13H19FN2O2. The Morgan fingerprint density at radius 3 is 3.00 bits per heavy atom. The highest BCUT2D eigenvalue weighted by Gasteiger charge is 2.16. The van der Waals surface area contributed by atoms with Gasteiger partial charge in [-0.3, -0.25) is 0 Å². The second kappa shape index (κ2) is 5.91. The zero-order chi connectivity index (χ0) is 13.0. The van der Waals surface area contributed by atoms with Gasteiger partial charge in [0, 0.05) is 31.8 Å². The minimum Gasteiger partial charge on any atom is -0.491 e. The van der Waals surface area contributed by atoms with Gasteiger partial charge in [0.25, 0.3) is 0 Å². The van der Waals surface area contributed by atoms with E-state index in [2.05, 4.69) is 4.90 Å². The lowest BCUT2D eigenvalue weighted by Crippen LogP contribution is -2.26. The second-order valence-electron chi connectivity index (χ2n) is 4.23. The molecule has 2 rings (SSSR count). The molecule has 4 nitrogen and oxygen atoms in total. The summed E-state index contributed by atoms with van der Waals surface area (Å²) in [5, 5.41) is 0. The maximum Gasteiger partial charge on any atom is 0.167 e. The first-order valence-corrected chi connectivity index (χ1v) is 6.27. The summed E-state index contributed by atoms with van der Waals surface area (Å²) in [6.07, 6.45) is 0.945. The van der Waals surface area contributed by atoms with E-state index in [1.54, 1.807) is 6.07 Å². The van der Waals surface area contributed by atoms with Crippen LogP contribution < -0.4 is 15.4 Å². The van der Waals surface area contributed by atoms with E-state index >= 15 is 0 Å². The standard InChI is InChI=1S/C13H19FN2O2/c1-2-18-13-9-12(11(15)8-10(13)14)16-4-3-6-17-7-5-16/h8-9H,2-7,15H2,1H3. The third-order valence-corrected chi connectivity index (χ3v) is 2.94. The predicted molar refractivity (Wildman–Crippen MR) is 69.6 cm³/mol.